The van der Waals surface area contributed by atoms with Gasteiger partial charge in [-0.3, -0.25) is 14.7 Å². The lowest BCUT2D eigenvalue weighted by Gasteiger charge is -2.48. The van der Waals surface area contributed by atoms with E-state index in [4.69, 9.17) is 4.74 Å². The lowest BCUT2D eigenvalue weighted by molar-refractivity contribution is -0.0551. The SMILES string of the molecule is CC1(c2ccccc2)N(Cc2cccnc2)C(=O)OC12CCN(C(=O)c1ccc(F)cc1)CC2. The number of benzene rings is 2. The highest BCUT2D eigenvalue weighted by atomic mass is 19.1. The third-order valence-electron chi connectivity index (χ3n) is 7.28. The van der Waals surface area contributed by atoms with Crippen molar-refractivity contribution in [1.82, 2.24) is 14.8 Å². The summed E-state index contributed by atoms with van der Waals surface area (Å²) in [5.74, 6) is -0.521. The van der Waals surface area contributed by atoms with E-state index in [1.807, 2.05) is 42.5 Å². The number of pyridine rings is 1. The highest BCUT2D eigenvalue weighted by molar-refractivity contribution is 5.94. The van der Waals surface area contributed by atoms with Crippen molar-refractivity contribution >= 4 is 12.0 Å². The Bertz CT molecular complexity index is 1180. The van der Waals surface area contributed by atoms with E-state index in [-0.39, 0.29) is 17.8 Å². The molecular formula is C27H26FN3O3. The molecule has 7 heteroatoms. The van der Waals surface area contributed by atoms with Crippen molar-refractivity contribution in [2.24, 2.45) is 0 Å². The van der Waals surface area contributed by atoms with Gasteiger partial charge in [-0.05, 0) is 48.4 Å². The van der Waals surface area contributed by atoms with Crippen LogP contribution in [0.1, 0.15) is 41.3 Å². The van der Waals surface area contributed by atoms with E-state index in [2.05, 4.69) is 11.9 Å². The fraction of sp³-hybridized carbons (Fsp3) is 0.296. The monoisotopic (exact) mass is 459 g/mol. The Morgan fingerprint density at radius 2 is 1.74 bits per heavy atom. The molecule has 3 aromatic rings. The average Bonchev–Trinajstić information content (AvgIpc) is 3.07. The van der Waals surface area contributed by atoms with E-state index < -0.39 is 11.1 Å². The van der Waals surface area contributed by atoms with Gasteiger partial charge in [0.05, 0.1) is 6.54 Å². The molecule has 6 nitrogen and oxygen atoms in total. The number of carbonyl (C=O) groups excluding carboxylic acids is 2. The maximum atomic E-state index is 13.3. The van der Waals surface area contributed by atoms with E-state index in [1.54, 1.807) is 22.2 Å². The number of carbonyl (C=O) groups is 2. The van der Waals surface area contributed by atoms with Crippen molar-refractivity contribution in [3.8, 4) is 0 Å². The molecule has 2 aliphatic heterocycles. The maximum absolute atomic E-state index is 13.3. The number of halogens is 1. The molecule has 2 fully saturated rings. The standard InChI is InChI=1S/C27H26FN3O3/c1-26(22-7-3-2-4-8-22)27(34-25(33)31(26)19-20-6-5-15-29-18-20)13-16-30(17-14-27)24(32)21-9-11-23(28)12-10-21/h2-12,15,18H,13-14,16-17,19H2,1H3. The Morgan fingerprint density at radius 1 is 1.03 bits per heavy atom. The summed E-state index contributed by atoms with van der Waals surface area (Å²) in [6.07, 6.45) is 4.10. The van der Waals surface area contributed by atoms with Crippen LogP contribution in [0.4, 0.5) is 9.18 Å². The zero-order chi connectivity index (χ0) is 23.8. The zero-order valence-corrected chi connectivity index (χ0v) is 19.0. The van der Waals surface area contributed by atoms with E-state index in [1.165, 1.54) is 24.3 Å². The summed E-state index contributed by atoms with van der Waals surface area (Å²) in [4.78, 5) is 34.0. The number of ether oxygens (including phenoxy) is 1. The smallest absolute Gasteiger partial charge is 0.411 e. The lowest BCUT2D eigenvalue weighted by atomic mass is 9.70. The zero-order valence-electron chi connectivity index (χ0n) is 19.0. The van der Waals surface area contributed by atoms with Crippen molar-refractivity contribution < 1.29 is 18.7 Å². The fourth-order valence-corrected chi connectivity index (χ4v) is 5.26. The van der Waals surface area contributed by atoms with Gasteiger partial charge in [-0.2, -0.15) is 0 Å². The maximum Gasteiger partial charge on any atom is 0.411 e. The molecule has 0 N–H and O–H groups in total. The van der Waals surface area contributed by atoms with Crippen molar-refractivity contribution in [1.29, 1.82) is 0 Å². The van der Waals surface area contributed by atoms with Gasteiger partial charge in [0.2, 0.25) is 0 Å². The topological polar surface area (TPSA) is 62.7 Å². The Kier molecular flexibility index (Phi) is 5.55. The van der Waals surface area contributed by atoms with E-state index in [9.17, 15) is 14.0 Å². The molecule has 1 atom stereocenters. The lowest BCUT2D eigenvalue weighted by Crippen LogP contribution is -2.58. The van der Waals surface area contributed by atoms with Crippen LogP contribution in [0.3, 0.4) is 0 Å². The largest absolute Gasteiger partial charge is 0.440 e. The number of amides is 2. The Labute approximate surface area is 198 Å². The van der Waals surface area contributed by atoms with Crippen LogP contribution in [0.5, 0.6) is 0 Å². The quantitative estimate of drug-likeness (QED) is 0.564. The number of aromatic nitrogens is 1. The number of piperidine rings is 1. The fourth-order valence-electron chi connectivity index (χ4n) is 5.26. The molecule has 3 heterocycles. The first-order chi connectivity index (χ1) is 16.4. The van der Waals surface area contributed by atoms with E-state index in [0.29, 0.717) is 38.0 Å². The van der Waals surface area contributed by atoms with Crippen LogP contribution in [0.2, 0.25) is 0 Å². The normalized spacial score (nSPS) is 21.5. The van der Waals surface area contributed by atoms with Gasteiger partial charge in [0, 0.05) is 43.9 Å². The van der Waals surface area contributed by atoms with Crippen LogP contribution in [0.15, 0.2) is 79.1 Å². The second-order valence-corrected chi connectivity index (χ2v) is 9.05. The highest BCUT2D eigenvalue weighted by Crippen LogP contribution is 2.52. The molecule has 0 saturated carbocycles. The molecule has 0 bridgehead atoms. The second kappa shape index (κ2) is 8.56. The summed E-state index contributed by atoms with van der Waals surface area (Å²) in [5, 5.41) is 0. The van der Waals surface area contributed by atoms with Crippen LogP contribution in [-0.4, -0.2) is 45.5 Å². The predicted octanol–water partition coefficient (Wildman–Crippen LogP) is 4.76. The Hall–Kier alpha value is -3.74. The van der Waals surface area contributed by atoms with Gasteiger partial charge in [-0.15, -0.1) is 0 Å². The van der Waals surface area contributed by atoms with Gasteiger partial charge in [0.1, 0.15) is 17.0 Å². The number of hydrogen-bond acceptors (Lipinski definition) is 4. The van der Waals surface area contributed by atoms with Crippen molar-refractivity contribution in [3.63, 3.8) is 0 Å². The van der Waals surface area contributed by atoms with Gasteiger partial charge in [-0.25, -0.2) is 9.18 Å². The number of likely N-dealkylation sites (tertiary alicyclic amines) is 1. The third-order valence-corrected chi connectivity index (χ3v) is 7.28. The summed E-state index contributed by atoms with van der Waals surface area (Å²) in [7, 11) is 0. The molecule has 2 aromatic carbocycles. The molecule has 2 amide bonds. The first kappa shape index (κ1) is 22.1. The van der Waals surface area contributed by atoms with Gasteiger partial charge >= 0.3 is 6.09 Å². The minimum atomic E-state index is -0.785. The minimum absolute atomic E-state index is 0.146. The van der Waals surface area contributed by atoms with Crippen LogP contribution in [0.25, 0.3) is 0 Å². The molecular weight excluding hydrogens is 433 g/mol. The first-order valence-electron chi connectivity index (χ1n) is 11.4. The first-order valence-corrected chi connectivity index (χ1v) is 11.4. The molecule has 2 saturated heterocycles. The Balaban J connectivity index is 1.45. The minimum Gasteiger partial charge on any atom is -0.440 e. The summed E-state index contributed by atoms with van der Waals surface area (Å²) in [5.41, 5.74) is 0.842. The third kappa shape index (κ3) is 3.61. The molecule has 0 radical (unpaired) electrons. The van der Waals surface area contributed by atoms with Crippen molar-refractivity contribution in [2.75, 3.05) is 13.1 Å². The van der Waals surface area contributed by atoms with Gasteiger partial charge in [-0.1, -0.05) is 36.4 Å². The van der Waals surface area contributed by atoms with Gasteiger partial charge in [0.25, 0.3) is 5.91 Å². The van der Waals surface area contributed by atoms with Gasteiger partial charge < -0.3 is 9.64 Å². The average molecular weight is 460 g/mol. The van der Waals surface area contributed by atoms with Crippen molar-refractivity contribution in [3.05, 3.63) is 102 Å². The molecule has 1 aromatic heterocycles. The molecule has 174 valence electrons. The highest BCUT2D eigenvalue weighted by Gasteiger charge is 2.63. The summed E-state index contributed by atoms with van der Waals surface area (Å²) < 4.78 is 19.5. The van der Waals surface area contributed by atoms with Crippen LogP contribution in [-0.2, 0) is 16.8 Å². The van der Waals surface area contributed by atoms with E-state index >= 15 is 0 Å². The molecule has 0 aliphatic carbocycles. The number of hydrogen-bond donors (Lipinski definition) is 0. The summed E-state index contributed by atoms with van der Waals surface area (Å²) in [6, 6.07) is 19.3. The Morgan fingerprint density at radius 3 is 2.38 bits per heavy atom. The second-order valence-electron chi connectivity index (χ2n) is 9.05. The van der Waals surface area contributed by atoms with Crippen molar-refractivity contribution in [2.45, 2.75) is 37.5 Å². The molecule has 1 spiro atoms. The van der Waals surface area contributed by atoms with E-state index in [0.717, 1.165) is 11.1 Å². The van der Waals surface area contributed by atoms with Crippen LogP contribution < -0.4 is 0 Å². The molecule has 5 rings (SSSR count). The summed E-state index contributed by atoms with van der Waals surface area (Å²) in [6.45, 7) is 3.30. The van der Waals surface area contributed by atoms with Gasteiger partial charge in [0.15, 0.2) is 0 Å². The molecule has 34 heavy (non-hydrogen) atoms. The number of nitrogens with zero attached hydrogens (tertiary/aromatic N) is 3. The molecule has 1 unspecified atom stereocenters. The predicted molar refractivity (Wildman–Crippen MR) is 124 cm³/mol. The van der Waals surface area contributed by atoms with Crippen LogP contribution >= 0.6 is 0 Å². The number of rotatable bonds is 4. The molecule has 2 aliphatic rings. The van der Waals surface area contributed by atoms with Crippen LogP contribution in [0, 0.1) is 5.82 Å². The summed E-state index contributed by atoms with van der Waals surface area (Å²) >= 11 is 0.